The maximum Gasteiger partial charge on any atom is 0.242 e. The Labute approximate surface area is 141 Å². The number of aromatic nitrogens is 1. The minimum absolute atomic E-state index is 0.00273. The Bertz CT molecular complexity index is 811. The highest BCUT2D eigenvalue weighted by molar-refractivity contribution is 5.82. The zero-order valence-corrected chi connectivity index (χ0v) is 13.8. The Morgan fingerprint density at radius 1 is 1.12 bits per heavy atom. The summed E-state index contributed by atoms with van der Waals surface area (Å²) >= 11 is 0. The van der Waals surface area contributed by atoms with Crippen molar-refractivity contribution in [3.63, 3.8) is 0 Å². The lowest BCUT2D eigenvalue weighted by Gasteiger charge is -2.39. The number of para-hydroxylation sites is 1. The highest BCUT2D eigenvalue weighted by Gasteiger charge is 2.37. The molecule has 0 aliphatic carbocycles. The summed E-state index contributed by atoms with van der Waals surface area (Å²) in [4.78, 5) is 26.6. The van der Waals surface area contributed by atoms with Gasteiger partial charge in [0.25, 0.3) is 0 Å². The van der Waals surface area contributed by atoms with E-state index in [-0.39, 0.29) is 11.3 Å². The first-order chi connectivity index (χ1) is 11.7. The Hall–Kier alpha value is -2.14. The predicted octanol–water partition coefficient (Wildman–Crippen LogP) is 1.60. The Kier molecular flexibility index (Phi) is 3.88. The standard InChI is InChI=1S/C19H23N3O2/c23-17-5-10-22(16-4-2-1-3-15(16)17)13-18(24)21-11-7-19(8-12-21)6-9-20-14-19/h1-5,10,20H,6-9,11-14H2. The van der Waals surface area contributed by atoms with Crippen molar-refractivity contribution in [2.45, 2.75) is 25.8 Å². The number of piperidine rings is 1. The molecule has 2 saturated heterocycles. The average Bonchev–Trinajstić information content (AvgIpc) is 3.06. The lowest BCUT2D eigenvalue weighted by molar-refractivity contribution is -0.133. The SMILES string of the molecule is O=C(Cn1ccc(=O)c2ccccc21)N1CCC2(CCNC2)CC1. The van der Waals surface area contributed by atoms with Gasteiger partial charge >= 0.3 is 0 Å². The fourth-order valence-corrected chi connectivity index (χ4v) is 4.10. The number of nitrogens with one attached hydrogen (secondary N) is 1. The number of nitrogens with zero attached hydrogens (tertiary/aromatic N) is 2. The molecular formula is C19H23N3O2. The molecule has 2 fully saturated rings. The molecule has 5 heteroatoms. The summed E-state index contributed by atoms with van der Waals surface area (Å²) in [5.41, 5.74) is 1.25. The minimum Gasteiger partial charge on any atom is -0.341 e. The number of hydrogen-bond acceptors (Lipinski definition) is 3. The van der Waals surface area contributed by atoms with Crippen molar-refractivity contribution >= 4 is 16.8 Å². The summed E-state index contributed by atoms with van der Waals surface area (Å²) < 4.78 is 1.89. The van der Waals surface area contributed by atoms with E-state index in [2.05, 4.69) is 5.32 Å². The summed E-state index contributed by atoms with van der Waals surface area (Å²) in [6.07, 6.45) is 5.15. The van der Waals surface area contributed by atoms with Crippen LogP contribution in [0.15, 0.2) is 41.3 Å². The molecule has 2 aliphatic heterocycles. The highest BCUT2D eigenvalue weighted by atomic mass is 16.2. The molecule has 126 valence electrons. The van der Waals surface area contributed by atoms with E-state index < -0.39 is 0 Å². The van der Waals surface area contributed by atoms with Crippen molar-refractivity contribution in [3.8, 4) is 0 Å². The third kappa shape index (κ3) is 2.73. The van der Waals surface area contributed by atoms with Crippen LogP contribution >= 0.6 is 0 Å². The molecule has 1 N–H and O–H groups in total. The number of amides is 1. The molecule has 0 unspecified atom stereocenters. The molecule has 3 heterocycles. The summed E-state index contributed by atoms with van der Waals surface area (Å²) in [6, 6.07) is 9.02. The third-order valence-corrected chi connectivity index (χ3v) is 5.70. The second-order valence-electron chi connectivity index (χ2n) is 7.13. The zero-order chi connectivity index (χ0) is 16.6. The van der Waals surface area contributed by atoms with Crippen LogP contribution in [0.4, 0.5) is 0 Å². The van der Waals surface area contributed by atoms with Gasteiger partial charge in [0.15, 0.2) is 5.43 Å². The molecule has 1 aromatic heterocycles. The van der Waals surface area contributed by atoms with Crippen LogP contribution in [0.2, 0.25) is 0 Å². The molecule has 1 amide bonds. The lowest BCUT2D eigenvalue weighted by Crippen LogP contribution is -2.45. The quantitative estimate of drug-likeness (QED) is 0.912. The van der Waals surface area contributed by atoms with Gasteiger partial charge < -0.3 is 14.8 Å². The lowest BCUT2D eigenvalue weighted by atomic mass is 9.78. The maximum atomic E-state index is 12.7. The number of carbonyl (C=O) groups is 1. The van der Waals surface area contributed by atoms with Crippen LogP contribution in [0.5, 0.6) is 0 Å². The van der Waals surface area contributed by atoms with Gasteiger partial charge in [0.2, 0.25) is 5.91 Å². The Morgan fingerprint density at radius 2 is 1.92 bits per heavy atom. The van der Waals surface area contributed by atoms with Crippen LogP contribution in [0, 0.1) is 5.41 Å². The first kappa shape index (κ1) is 15.4. The minimum atomic E-state index is 0.00273. The van der Waals surface area contributed by atoms with Crippen LogP contribution < -0.4 is 10.7 Å². The van der Waals surface area contributed by atoms with E-state index in [1.807, 2.05) is 33.7 Å². The summed E-state index contributed by atoms with van der Waals surface area (Å²) in [6.45, 7) is 4.19. The van der Waals surface area contributed by atoms with E-state index in [0.29, 0.717) is 17.3 Å². The van der Waals surface area contributed by atoms with Crippen molar-refractivity contribution in [2.24, 2.45) is 5.41 Å². The average molecular weight is 325 g/mol. The molecule has 0 bridgehead atoms. The molecular weight excluding hydrogens is 302 g/mol. The van der Waals surface area contributed by atoms with E-state index in [1.54, 1.807) is 12.3 Å². The Morgan fingerprint density at radius 3 is 2.67 bits per heavy atom. The number of hydrogen-bond donors (Lipinski definition) is 1. The normalized spacial score (nSPS) is 19.9. The third-order valence-electron chi connectivity index (χ3n) is 5.70. The molecule has 0 atom stereocenters. The molecule has 0 radical (unpaired) electrons. The fourth-order valence-electron chi connectivity index (χ4n) is 4.10. The second-order valence-corrected chi connectivity index (χ2v) is 7.13. The van der Waals surface area contributed by atoms with Crippen LogP contribution in [-0.2, 0) is 11.3 Å². The molecule has 2 aliphatic rings. The van der Waals surface area contributed by atoms with Gasteiger partial charge in [-0.15, -0.1) is 0 Å². The van der Waals surface area contributed by atoms with Gasteiger partial charge in [-0.2, -0.15) is 0 Å². The number of benzene rings is 1. The van der Waals surface area contributed by atoms with Crippen molar-refractivity contribution in [2.75, 3.05) is 26.2 Å². The molecule has 4 rings (SSSR count). The summed E-state index contributed by atoms with van der Waals surface area (Å²) in [5, 5.41) is 4.12. The summed E-state index contributed by atoms with van der Waals surface area (Å²) in [7, 11) is 0. The second kappa shape index (κ2) is 6.06. The zero-order valence-electron chi connectivity index (χ0n) is 13.8. The molecule has 24 heavy (non-hydrogen) atoms. The van der Waals surface area contributed by atoms with Gasteiger partial charge in [0.05, 0.1) is 5.52 Å². The first-order valence-electron chi connectivity index (χ1n) is 8.74. The smallest absolute Gasteiger partial charge is 0.242 e. The van der Waals surface area contributed by atoms with E-state index in [0.717, 1.165) is 44.5 Å². The maximum absolute atomic E-state index is 12.7. The van der Waals surface area contributed by atoms with Crippen LogP contribution in [-0.4, -0.2) is 41.6 Å². The first-order valence-corrected chi connectivity index (χ1v) is 8.74. The highest BCUT2D eigenvalue weighted by Crippen LogP contribution is 2.36. The number of rotatable bonds is 2. The number of likely N-dealkylation sites (tertiary alicyclic amines) is 1. The van der Waals surface area contributed by atoms with Crippen LogP contribution in [0.25, 0.3) is 10.9 Å². The van der Waals surface area contributed by atoms with E-state index in [4.69, 9.17) is 0 Å². The van der Waals surface area contributed by atoms with Gasteiger partial charge in [-0.05, 0) is 43.4 Å². The van der Waals surface area contributed by atoms with Crippen LogP contribution in [0.1, 0.15) is 19.3 Å². The van der Waals surface area contributed by atoms with Crippen molar-refractivity contribution in [1.29, 1.82) is 0 Å². The van der Waals surface area contributed by atoms with E-state index in [1.165, 1.54) is 6.42 Å². The molecule has 5 nitrogen and oxygen atoms in total. The van der Waals surface area contributed by atoms with Gasteiger partial charge in [-0.1, -0.05) is 12.1 Å². The van der Waals surface area contributed by atoms with Crippen molar-refractivity contribution in [3.05, 3.63) is 46.8 Å². The van der Waals surface area contributed by atoms with Gasteiger partial charge in [-0.25, -0.2) is 0 Å². The van der Waals surface area contributed by atoms with Gasteiger partial charge in [0, 0.05) is 37.3 Å². The monoisotopic (exact) mass is 325 g/mol. The molecule has 0 saturated carbocycles. The molecule has 1 spiro atoms. The Balaban J connectivity index is 1.49. The van der Waals surface area contributed by atoms with Crippen molar-refractivity contribution < 1.29 is 4.79 Å². The fraction of sp³-hybridized carbons (Fsp3) is 0.474. The van der Waals surface area contributed by atoms with Crippen LogP contribution in [0.3, 0.4) is 0 Å². The largest absolute Gasteiger partial charge is 0.341 e. The van der Waals surface area contributed by atoms with E-state index >= 15 is 0 Å². The van der Waals surface area contributed by atoms with Gasteiger partial charge in [-0.3, -0.25) is 9.59 Å². The molecule has 2 aromatic rings. The predicted molar refractivity (Wildman–Crippen MR) is 93.9 cm³/mol. The molecule has 1 aromatic carbocycles. The summed E-state index contributed by atoms with van der Waals surface area (Å²) in [5.74, 6) is 0.143. The van der Waals surface area contributed by atoms with Gasteiger partial charge in [0.1, 0.15) is 6.54 Å². The number of carbonyl (C=O) groups excluding carboxylic acids is 1. The number of fused-ring (bicyclic) bond motifs is 1. The topological polar surface area (TPSA) is 54.3 Å². The van der Waals surface area contributed by atoms with Crippen molar-refractivity contribution in [1.82, 2.24) is 14.8 Å². The van der Waals surface area contributed by atoms with E-state index in [9.17, 15) is 9.59 Å². The number of pyridine rings is 1.